The Hall–Kier alpha value is -3.38. The number of nitrogens with zero attached hydrogens (tertiary/aromatic N) is 1. The zero-order valence-corrected chi connectivity index (χ0v) is 16.6. The van der Waals surface area contributed by atoms with Gasteiger partial charge in [0.1, 0.15) is 0 Å². The van der Waals surface area contributed by atoms with E-state index < -0.39 is 6.03 Å². The van der Waals surface area contributed by atoms with Crippen LogP contribution in [0.4, 0.5) is 16.2 Å². The van der Waals surface area contributed by atoms with Crippen LogP contribution in [0.1, 0.15) is 0 Å². The quantitative estimate of drug-likeness (QED) is 0.134. The minimum Gasteiger partial charge on any atom is -0.358 e. The summed E-state index contributed by atoms with van der Waals surface area (Å²) >= 11 is 9.97. The first-order valence-corrected chi connectivity index (χ1v) is 8.78. The number of rotatable bonds is 9. The van der Waals surface area contributed by atoms with Crippen molar-refractivity contribution >= 4 is 58.5 Å². The third-order valence-electron chi connectivity index (χ3n) is 2.82. The van der Waals surface area contributed by atoms with Crippen LogP contribution in [-0.4, -0.2) is 40.9 Å². The molecule has 0 heterocycles. The summed E-state index contributed by atoms with van der Waals surface area (Å²) in [5.74, 6) is 0. The normalized spacial score (nSPS) is 9.14. The smallest absolute Gasteiger partial charge is 0.337 e. The molecule has 0 saturated heterocycles. The van der Waals surface area contributed by atoms with Crippen LogP contribution >= 0.6 is 24.4 Å². The first-order chi connectivity index (χ1) is 13.5. The van der Waals surface area contributed by atoms with Crippen molar-refractivity contribution in [1.82, 2.24) is 32.0 Å². The van der Waals surface area contributed by atoms with E-state index in [4.69, 9.17) is 24.4 Å². The Labute approximate surface area is 173 Å². The number of hydrogen-bond donors (Lipinski definition) is 7. The molecule has 0 bridgehead atoms. The minimum absolute atomic E-state index is 0.252. The first-order valence-electron chi connectivity index (χ1n) is 7.96. The molecule has 0 aliphatic heterocycles. The molecule has 0 aliphatic carbocycles. The van der Waals surface area contributed by atoms with Crippen molar-refractivity contribution in [2.24, 2.45) is 0 Å². The Morgan fingerprint density at radius 3 is 2.11 bits per heavy atom. The molecule has 0 aliphatic rings. The lowest BCUT2D eigenvalue weighted by Crippen LogP contribution is -2.49. The molecule has 10 nitrogen and oxygen atoms in total. The number of amides is 3. The predicted octanol–water partition coefficient (Wildman–Crippen LogP) is 0.724. The van der Waals surface area contributed by atoms with E-state index in [1.165, 1.54) is 0 Å². The fourth-order valence-electron chi connectivity index (χ4n) is 1.65. The van der Waals surface area contributed by atoms with Crippen molar-refractivity contribution in [3.8, 4) is 0 Å². The molecule has 0 aromatic heterocycles. The molecule has 28 heavy (non-hydrogen) atoms. The van der Waals surface area contributed by atoms with Crippen molar-refractivity contribution in [3.05, 3.63) is 49.6 Å². The van der Waals surface area contributed by atoms with E-state index in [0.29, 0.717) is 30.9 Å². The van der Waals surface area contributed by atoms with E-state index in [0.717, 1.165) is 5.12 Å². The lowest BCUT2D eigenvalue weighted by atomic mass is 10.3. The number of urea groups is 1. The van der Waals surface area contributed by atoms with Gasteiger partial charge in [0.25, 0.3) is 0 Å². The van der Waals surface area contributed by atoms with Crippen molar-refractivity contribution < 1.29 is 9.59 Å². The summed E-state index contributed by atoms with van der Waals surface area (Å²) < 4.78 is 0. The maximum atomic E-state index is 11.8. The number of nitrogens with one attached hydrogen (secondary N) is 7. The SMILES string of the molecule is C=CCNC(=S)NNC(=O)Nc1ccc(NN(C=O)NC(=S)NCC=C)cc1. The first kappa shape index (κ1) is 22.7. The van der Waals surface area contributed by atoms with E-state index in [9.17, 15) is 9.59 Å². The lowest BCUT2D eigenvalue weighted by molar-refractivity contribution is -0.118. The molecule has 1 aromatic rings. The molecule has 7 N–H and O–H groups in total. The van der Waals surface area contributed by atoms with Crippen LogP contribution in [-0.2, 0) is 4.79 Å². The molecule has 150 valence electrons. The second-order valence-corrected chi connectivity index (χ2v) is 5.79. The molecule has 3 amide bonds. The van der Waals surface area contributed by atoms with Crippen molar-refractivity contribution in [1.29, 1.82) is 0 Å². The van der Waals surface area contributed by atoms with Gasteiger partial charge in [0, 0.05) is 18.8 Å². The van der Waals surface area contributed by atoms with E-state index in [2.05, 4.69) is 50.8 Å². The number of hydrogen-bond acceptors (Lipinski definition) is 5. The molecule has 0 fully saturated rings. The summed E-state index contributed by atoms with van der Waals surface area (Å²) in [4.78, 5) is 22.9. The molecular weight excluding hydrogens is 400 g/mol. The zero-order chi connectivity index (χ0) is 20.8. The van der Waals surface area contributed by atoms with Crippen LogP contribution in [0.15, 0.2) is 49.6 Å². The second-order valence-electron chi connectivity index (χ2n) is 4.98. The van der Waals surface area contributed by atoms with Gasteiger partial charge in [-0.2, -0.15) is 5.12 Å². The molecular formula is C16H22N8O2S2. The van der Waals surface area contributed by atoms with Crippen molar-refractivity contribution in [2.75, 3.05) is 23.8 Å². The van der Waals surface area contributed by atoms with E-state index in [1.807, 2.05) is 0 Å². The molecule has 0 unspecified atom stereocenters. The highest BCUT2D eigenvalue weighted by atomic mass is 32.1. The zero-order valence-electron chi connectivity index (χ0n) is 15.0. The van der Waals surface area contributed by atoms with Crippen LogP contribution in [0.5, 0.6) is 0 Å². The van der Waals surface area contributed by atoms with Gasteiger partial charge >= 0.3 is 6.03 Å². The standard InChI is InChI=1S/C16H22N8O2S2/c1-3-9-17-15(27)21-20-14(26)19-12-5-7-13(8-6-12)22-24(11-25)23-16(28)18-10-4-2/h3-8,11,22H,1-2,9-10H2,(H2,17,21,27)(H2,18,23,28)(H2,19,20,26). The van der Waals surface area contributed by atoms with Crippen molar-refractivity contribution in [3.63, 3.8) is 0 Å². The molecule has 0 saturated carbocycles. The third-order valence-corrected chi connectivity index (χ3v) is 3.31. The van der Waals surface area contributed by atoms with E-state index in [1.54, 1.807) is 36.4 Å². The van der Waals surface area contributed by atoms with Gasteiger partial charge in [-0.15, -0.1) is 13.2 Å². The van der Waals surface area contributed by atoms with Crippen molar-refractivity contribution in [2.45, 2.75) is 0 Å². The van der Waals surface area contributed by atoms with Gasteiger partial charge in [-0.3, -0.25) is 21.1 Å². The summed E-state index contributed by atoms with van der Waals surface area (Å²) in [5, 5.41) is 9.81. The fraction of sp³-hybridized carbons (Fsp3) is 0.125. The Morgan fingerprint density at radius 1 is 0.964 bits per heavy atom. The molecule has 1 rings (SSSR count). The highest BCUT2D eigenvalue weighted by Crippen LogP contribution is 2.13. The Morgan fingerprint density at radius 2 is 1.54 bits per heavy atom. The van der Waals surface area contributed by atoms with Crippen LogP contribution in [0, 0.1) is 0 Å². The largest absolute Gasteiger partial charge is 0.358 e. The number of thiocarbonyl (C=S) groups is 2. The number of benzene rings is 1. The maximum absolute atomic E-state index is 11.8. The predicted molar refractivity (Wildman–Crippen MR) is 118 cm³/mol. The van der Waals surface area contributed by atoms with Crippen LogP contribution in [0.3, 0.4) is 0 Å². The lowest BCUT2D eigenvalue weighted by Gasteiger charge is -2.21. The Bertz CT molecular complexity index is 711. The number of carbonyl (C=O) groups is 2. The second kappa shape index (κ2) is 12.9. The highest BCUT2D eigenvalue weighted by Gasteiger charge is 2.05. The van der Waals surface area contributed by atoms with Crippen LogP contribution in [0.25, 0.3) is 0 Å². The van der Waals surface area contributed by atoms with Crippen LogP contribution < -0.4 is 37.7 Å². The topological polar surface area (TPSA) is 122 Å². The summed E-state index contributed by atoms with van der Waals surface area (Å²) in [7, 11) is 0. The van der Waals surface area contributed by atoms with Crippen LogP contribution in [0.2, 0.25) is 0 Å². The number of hydrazine groups is 3. The number of anilines is 2. The maximum Gasteiger partial charge on any atom is 0.337 e. The molecule has 1 aromatic carbocycles. The van der Waals surface area contributed by atoms with E-state index in [-0.39, 0.29) is 10.2 Å². The summed E-state index contributed by atoms with van der Waals surface area (Å²) in [6, 6.07) is 6.12. The van der Waals surface area contributed by atoms with Gasteiger partial charge in [0.2, 0.25) is 6.41 Å². The molecule has 12 heteroatoms. The highest BCUT2D eigenvalue weighted by molar-refractivity contribution is 7.80. The fourth-order valence-corrected chi connectivity index (χ4v) is 1.96. The summed E-state index contributed by atoms with van der Waals surface area (Å²) in [5.41, 5.74) is 11.5. The Balaban J connectivity index is 2.47. The van der Waals surface area contributed by atoms with Gasteiger partial charge in [-0.1, -0.05) is 12.2 Å². The van der Waals surface area contributed by atoms with Gasteiger partial charge in [0.15, 0.2) is 10.2 Å². The van der Waals surface area contributed by atoms with Gasteiger partial charge in [-0.05, 0) is 48.7 Å². The summed E-state index contributed by atoms with van der Waals surface area (Å²) in [6.45, 7) is 8.05. The summed E-state index contributed by atoms with van der Waals surface area (Å²) in [6.07, 6.45) is 3.79. The van der Waals surface area contributed by atoms with E-state index >= 15 is 0 Å². The molecule has 0 spiro atoms. The third kappa shape index (κ3) is 9.35. The monoisotopic (exact) mass is 422 g/mol. The molecule has 0 radical (unpaired) electrons. The van der Waals surface area contributed by atoms with Gasteiger partial charge in [0.05, 0.1) is 5.69 Å². The average molecular weight is 423 g/mol. The molecule has 0 atom stereocenters. The van der Waals surface area contributed by atoms with Gasteiger partial charge < -0.3 is 16.0 Å². The van der Waals surface area contributed by atoms with Gasteiger partial charge in [-0.25, -0.2) is 10.2 Å². The minimum atomic E-state index is -0.502. The average Bonchev–Trinajstić information content (AvgIpc) is 2.70. The number of carbonyl (C=O) groups excluding carboxylic acids is 2. The Kier molecular flexibility index (Phi) is 10.4.